The Balaban J connectivity index is 1.66. The van der Waals surface area contributed by atoms with E-state index >= 15 is 0 Å². The van der Waals surface area contributed by atoms with E-state index in [1.165, 1.54) is 75.1 Å². The summed E-state index contributed by atoms with van der Waals surface area (Å²) in [6.07, 6.45) is 10.5. The number of imidazole rings is 1. The van der Waals surface area contributed by atoms with Crippen LogP contribution in [0.2, 0.25) is 0 Å². The van der Waals surface area contributed by atoms with Gasteiger partial charge in [0.1, 0.15) is 5.82 Å². The Bertz CT molecular complexity index is 402. The Kier molecular flexibility index (Phi) is 3.69. The molecule has 0 amide bonds. The third-order valence-electron chi connectivity index (χ3n) is 4.54. The molecule has 1 aliphatic heterocycles. The van der Waals surface area contributed by atoms with Gasteiger partial charge in [-0.25, -0.2) is 4.98 Å². The van der Waals surface area contributed by atoms with E-state index in [4.69, 9.17) is 4.98 Å². The fourth-order valence-electron chi connectivity index (χ4n) is 3.49. The Morgan fingerprint density at radius 2 is 2.11 bits per heavy atom. The number of nitrogens with zero attached hydrogens (tertiary/aromatic N) is 2. The molecule has 100 valence electrons. The highest BCUT2D eigenvalue weighted by Crippen LogP contribution is 2.23. The average Bonchev–Trinajstić information content (AvgIpc) is 2.73. The minimum absolute atomic E-state index is 0.736. The maximum atomic E-state index is 4.76. The molecule has 18 heavy (non-hydrogen) atoms. The van der Waals surface area contributed by atoms with Crippen molar-refractivity contribution in [3.8, 4) is 0 Å². The first-order valence-corrected chi connectivity index (χ1v) is 7.63. The molecule has 3 heteroatoms. The maximum absolute atomic E-state index is 4.76. The highest BCUT2D eigenvalue weighted by molar-refractivity contribution is 5.19. The zero-order valence-electron chi connectivity index (χ0n) is 11.5. The third-order valence-corrected chi connectivity index (χ3v) is 4.54. The van der Waals surface area contributed by atoms with E-state index in [0.29, 0.717) is 0 Å². The second-order valence-corrected chi connectivity index (χ2v) is 5.85. The molecular formula is C15H25N3. The van der Waals surface area contributed by atoms with Crippen LogP contribution in [0.15, 0.2) is 0 Å². The van der Waals surface area contributed by atoms with Crippen molar-refractivity contribution in [2.75, 3.05) is 6.54 Å². The second-order valence-electron chi connectivity index (χ2n) is 5.85. The largest absolute Gasteiger partial charge is 0.332 e. The monoisotopic (exact) mass is 247 g/mol. The summed E-state index contributed by atoms with van der Waals surface area (Å²) in [7, 11) is 0. The smallest absolute Gasteiger partial charge is 0.106 e. The van der Waals surface area contributed by atoms with Crippen LogP contribution in [0.25, 0.3) is 0 Å². The summed E-state index contributed by atoms with van der Waals surface area (Å²) >= 11 is 0. The van der Waals surface area contributed by atoms with Crippen LogP contribution >= 0.6 is 0 Å². The lowest BCUT2D eigenvalue weighted by Gasteiger charge is -2.24. The van der Waals surface area contributed by atoms with Crippen molar-refractivity contribution in [3.63, 3.8) is 0 Å². The SMILES string of the molecule is Cc1nc2c(n1CCC1CCCCN1)CCCC2. The zero-order valence-corrected chi connectivity index (χ0v) is 11.5. The molecule has 1 atom stereocenters. The number of piperidine rings is 1. The van der Waals surface area contributed by atoms with Gasteiger partial charge in [0, 0.05) is 18.3 Å². The van der Waals surface area contributed by atoms with Crippen molar-refractivity contribution in [1.82, 2.24) is 14.9 Å². The quantitative estimate of drug-likeness (QED) is 0.890. The summed E-state index contributed by atoms with van der Waals surface area (Å²) in [5, 5.41) is 3.65. The van der Waals surface area contributed by atoms with Gasteiger partial charge >= 0.3 is 0 Å². The van der Waals surface area contributed by atoms with Crippen molar-refractivity contribution in [2.45, 2.75) is 70.9 Å². The third kappa shape index (κ3) is 2.46. The van der Waals surface area contributed by atoms with Gasteiger partial charge in [0.2, 0.25) is 0 Å². The highest BCUT2D eigenvalue weighted by atomic mass is 15.1. The number of rotatable bonds is 3. The van der Waals surface area contributed by atoms with E-state index in [9.17, 15) is 0 Å². The lowest BCUT2D eigenvalue weighted by molar-refractivity contribution is 0.363. The molecule has 1 unspecified atom stereocenters. The van der Waals surface area contributed by atoms with Crippen molar-refractivity contribution in [3.05, 3.63) is 17.2 Å². The summed E-state index contributed by atoms with van der Waals surface area (Å²) < 4.78 is 2.49. The van der Waals surface area contributed by atoms with Crippen molar-refractivity contribution >= 4 is 0 Å². The molecule has 1 aliphatic carbocycles. The van der Waals surface area contributed by atoms with Gasteiger partial charge in [-0.05, 0) is 58.4 Å². The summed E-state index contributed by atoms with van der Waals surface area (Å²) in [6, 6.07) is 0.736. The van der Waals surface area contributed by atoms with Gasteiger partial charge in [0.25, 0.3) is 0 Å². The molecule has 0 spiro atoms. The van der Waals surface area contributed by atoms with E-state index in [-0.39, 0.29) is 0 Å². The average molecular weight is 247 g/mol. The molecule has 1 aromatic heterocycles. The predicted molar refractivity (Wildman–Crippen MR) is 73.9 cm³/mol. The van der Waals surface area contributed by atoms with Crippen LogP contribution in [-0.2, 0) is 19.4 Å². The van der Waals surface area contributed by atoms with Crippen LogP contribution in [0, 0.1) is 6.92 Å². The van der Waals surface area contributed by atoms with E-state index < -0.39 is 0 Å². The van der Waals surface area contributed by atoms with E-state index in [1.54, 1.807) is 0 Å². The van der Waals surface area contributed by atoms with E-state index in [0.717, 1.165) is 12.6 Å². The molecule has 0 radical (unpaired) electrons. The lowest BCUT2D eigenvalue weighted by Crippen LogP contribution is -2.34. The predicted octanol–water partition coefficient (Wildman–Crippen LogP) is 2.60. The molecule has 1 fully saturated rings. The fourth-order valence-corrected chi connectivity index (χ4v) is 3.49. The molecule has 0 aromatic carbocycles. The summed E-state index contributed by atoms with van der Waals surface area (Å²) in [6.45, 7) is 4.55. The number of hydrogen-bond donors (Lipinski definition) is 1. The zero-order chi connectivity index (χ0) is 12.4. The van der Waals surface area contributed by atoms with Crippen LogP contribution in [-0.4, -0.2) is 22.1 Å². The first-order chi connectivity index (χ1) is 8.84. The summed E-state index contributed by atoms with van der Waals surface area (Å²) in [5.74, 6) is 1.23. The molecule has 1 N–H and O–H groups in total. The normalized spacial score (nSPS) is 23.9. The van der Waals surface area contributed by atoms with Crippen molar-refractivity contribution in [1.29, 1.82) is 0 Å². The first kappa shape index (κ1) is 12.2. The number of fused-ring (bicyclic) bond motifs is 1. The molecule has 3 rings (SSSR count). The molecule has 2 heterocycles. The minimum Gasteiger partial charge on any atom is -0.332 e. The van der Waals surface area contributed by atoms with Crippen LogP contribution in [0.3, 0.4) is 0 Å². The van der Waals surface area contributed by atoms with Gasteiger partial charge in [0.15, 0.2) is 0 Å². The van der Waals surface area contributed by atoms with Gasteiger partial charge in [-0.2, -0.15) is 0 Å². The number of aryl methyl sites for hydroxylation is 2. The summed E-state index contributed by atoms with van der Waals surface area (Å²) in [4.78, 5) is 4.76. The van der Waals surface area contributed by atoms with Crippen LogP contribution < -0.4 is 5.32 Å². The van der Waals surface area contributed by atoms with Gasteiger partial charge in [-0.15, -0.1) is 0 Å². The Hall–Kier alpha value is -0.830. The van der Waals surface area contributed by atoms with Gasteiger partial charge < -0.3 is 9.88 Å². The second kappa shape index (κ2) is 5.43. The lowest BCUT2D eigenvalue weighted by atomic mass is 10.00. The van der Waals surface area contributed by atoms with Crippen LogP contribution in [0.5, 0.6) is 0 Å². The molecule has 0 saturated carbocycles. The topological polar surface area (TPSA) is 29.9 Å². The standard InChI is InChI=1S/C15H25N3/c1-12-17-14-7-2-3-8-15(14)18(12)11-9-13-6-4-5-10-16-13/h13,16H,2-11H2,1H3. The number of nitrogens with one attached hydrogen (secondary N) is 1. The fraction of sp³-hybridized carbons (Fsp3) is 0.800. The first-order valence-electron chi connectivity index (χ1n) is 7.63. The number of hydrogen-bond acceptors (Lipinski definition) is 2. The Morgan fingerprint density at radius 1 is 1.22 bits per heavy atom. The molecule has 3 nitrogen and oxygen atoms in total. The number of aromatic nitrogens is 2. The van der Waals surface area contributed by atoms with E-state index in [2.05, 4.69) is 16.8 Å². The summed E-state index contributed by atoms with van der Waals surface area (Å²) in [5.41, 5.74) is 2.92. The minimum atomic E-state index is 0.736. The van der Waals surface area contributed by atoms with Crippen molar-refractivity contribution in [2.24, 2.45) is 0 Å². The molecule has 1 aromatic rings. The van der Waals surface area contributed by atoms with Gasteiger partial charge in [-0.1, -0.05) is 6.42 Å². The van der Waals surface area contributed by atoms with Gasteiger partial charge in [0.05, 0.1) is 5.69 Å². The Morgan fingerprint density at radius 3 is 2.94 bits per heavy atom. The molecular weight excluding hydrogens is 222 g/mol. The molecule has 0 bridgehead atoms. The molecule has 2 aliphatic rings. The molecule has 1 saturated heterocycles. The van der Waals surface area contributed by atoms with Crippen molar-refractivity contribution < 1.29 is 0 Å². The highest BCUT2D eigenvalue weighted by Gasteiger charge is 2.19. The van der Waals surface area contributed by atoms with E-state index in [1.807, 2.05) is 0 Å². The van der Waals surface area contributed by atoms with Gasteiger partial charge in [-0.3, -0.25) is 0 Å². The van der Waals surface area contributed by atoms with Crippen LogP contribution in [0.4, 0.5) is 0 Å². The maximum Gasteiger partial charge on any atom is 0.106 e. The Labute approximate surface area is 110 Å². The van der Waals surface area contributed by atoms with Crippen LogP contribution in [0.1, 0.15) is 55.7 Å².